The minimum Gasteiger partial charge on any atom is -0.356 e. The summed E-state index contributed by atoms with van der Waals surface area (Å²) >= 11 is 3.44. The van der Waals surface area contributed by atoms with Gasteiger partial charge in [-0.2, -0.15) is 0 Å². The molecule has 27 heavy (non-hydrogen) atoms. The molecule has 0 aliphatic carbocycles. The second kappa shape index (κ2) is 9.62. The van der Waals surface area contributed by atoms with Crippen LogP contribution in [0.1, 0.15) is 50.7 Å². The Hall–Kier alpha value is -1.50. The number of Topliss-reactive ketones (excluding diaryl/α,β-unsaturated/α-hetero) is 1. The Kier molecular flexibility index (Phi) is 7.21. The molecule has 0 aromatic carbocycles. The molecule has 146 valence electrons. The Bertz CT molecular complexity index is 767. The number of piperidine rings is 1. The second-order valence-electron chi connectivity index (χ2n) is 7.38. The van der Waals surface area contributed by atoms with Crippen molar-refractivity contribution in [2.45, 2.75) is 46.1 Å². The lowest BCUT2D eigenvalue weighted by molar-refractivity contribution is -0.121. The number of carbonyl (C=O) groups excluding carboxylic acids is 2. The molecule has 2 aromatic heterocycles. The zero-order valence-corrected chi connectivity index (χ0v) is 17.8. The van der Waals surface area contributed by atoms with E-state index in [1.54, 1.807) is 22.7 Å². The van der Waals surface area contributed by atoms with E-state index in [2.05, 4.69) is 27.7 Å². The van der Waals surface area contributed by atoms with Gasteiger partial charge in [-0.1, -0.05) is 6.07 Å². The Morgan fingerprint density at radius 2 is 2.15 bits per heavy atom. The van der Waals surface area contributed by atoms with E-state index in [1.165, 1.54) is 11.3 Å². The van der Waals surface area contributed by atoms with Crippen LogP contribution in [0.2, 0.25) is 0 Å². The molecule has 1 aliphatic heterocycles. The molecule has 4 nitrogen and oxygen atoms in total. The van der Waals surface area contributed by atoms with Crippen LogP contribution in [0.4, 0.5) is 0 Å². The Morgan fingerprint density at radius 3 is 2.85 bits per heavy atom. The van der Waals surface area contributed by atoms with Crippen LogP contribution in [0.15, 0.2) is 23.6 Å². The van der Waals surface area contributed by atoms with Crippen LogP contribution in [0, 0.1) is 19.8 Å². The van der Waals surface area contributed by atoms with Gasteiger partial charge in [0.15, 0.2) is 5.78 Å². The maximum Gasteiger partial charge on any atom is 0.220 e. The molecule has 1 unspecified atom stereocenters. The lowest BCUT2D eigenvalue weighted by atomic mass is 9.98. The number of rotatable bonds is 8. The highest BCUT2D eigenvalue weighted by molar-refractivity contribution is 7.12. The van der Waals surface area contributed by atoms with Gasteiger partial charge in [0.1, 0.15) is 0 Å². The molecular formula is C21H28N2O2S2. The predicted molar refractivity (Wildman–Crippen MR) is 113 cm³/mol. The van der Waals surface area contributed by atoms with Crippen molar-refractivity contribution in [3.8, 4) is 0 Å². The molecule has 1 atom stereocenters. The van der Waals surface area contributed by atoms with Crippen LogP contribution >= 0.6 is 22.7 Å². The van der Waals surface area contributed by atoms with E-state index in [1.807, 2.05) is 19.9 Å². The van der Waals surface area contributed by atoms with Gasteiger partial charge < -0.3 is 5.32 Å². The number of ketones is 1. The lowest BCUT2D eigenvalue weighted by Crippen LogP contribution is -2.40. The predicted octanol–water partition coefficient (Wildman–Crippen LogP) is 4.42. The molecular weight excluding hydrogens is 376 g/mol. The average Bonchev–Trinajstić information content (AvgIpc) is 3.27. The quantitative estimate of drug-likeness (QED) is 0.663. The number of nitrogens with one attached hydrogen (secondary N) is 1. The van der Waals surface area contributed by atoms with Crippen LogP contribution in [0.25, 0.3) is 0 Å². The Balaban J connectivity index is 1.38. The monoisotopic (exact) mass is 404 g/mol. The summed E-state index contributed by atoms with van der Waals surface area (Å²) in [5.41, 5.74) is 0.779. The van der Waals surface area contributed by atoms with Gasteiger partial charge in [-0.05, 0) is 56.7 Å². The van der Waals surface area contributed by atoms with Crippen molar-refractivity contribution in [2.75, 3.05) is 19.6 Å². The average molecular weight is 405 g/mol. The molecule has 6 heteroatoms. The standard InChI is InChI=1S/C21H28N2O2S2/c1-15-11-19(16(2)27-15)20(24)7-8-21(25)22-12-17-5-3-9-23(13-17)14-18-6-4-10-26-18/h4,6,10-11,17H,3,5,7-9,12-14H2,1-2H3,(H,22,25). The van der Waals surface area contributed by atoms with Gasteiger partial charge in [0, 0.05) is 52.7 Å². The van der Waals surface area contributed by atoms with Crippen molar-refractivity contribution in [3.63, 3.8) is 0 Å². The highest BCUT2D eigenvalue weighted by Gasteiger charge is 2.21. The molecule has 3 heterocycles. The van der Waals surface area contributed by atoms with Crippen molar-refractivity contribution in [1.29, 1.82) is 0 Å². The molecule has 1 fully saturated rings. The molecule has 0 spiro atoms. The number of hydrogen-bond acceptors (Lipinski definition) is 5. The Labute approximate surface area is 169 Å². The lowest BCUT2D eigenvalue weighted by Gasteiger charge is -2.32. The molecule has 1 N–H and O–H groups in total. The molecule has 0 bridgehead atoms. The fourth-order valence-corrected chi connectivity index (χ4v) is 5.39. The number of thiophene rings is 2. The van der Waals surface area contributed by atoms with Gasteiger partial charge in [0.05, 0.1) is 0 Å². The topological polar surface area (TPSA) is 49.4 Å². The summed E-state index contributed by atoms with van der Waals surface area (Å²) in [6.07, 6.45) is 2.91. The first-order valence-corrected chi connectivity index (χ1v) is 11.3. The third-order valence-corrected chi connectivity index (χ3v) is 6.90. The van der Waals surface area contributed by atoms with E-state index in [-0.39, 0.29) is 24.5 Å². The van der Waals surface area contributed by atoms with Crippen LogP contribution in [0.5, 0.6) is 0 Å². The van der Waals surface area contributed by atoms with Gasteiger partial charge in [0.25, 0.3) is 0 Å². The molecule has 0 saturated carbocycles. The first kappa shape index (κ1) is 20.2. The van der Waals surface area contributed by atoms with E-state index >= 15 is 0 Å². The third kappa shape index (κ3) is 5.99. The SMILES string of the molecule is Cc1cc(C(=O)CCC(=O)NCC2CCCN(Cc3cccs3)C2)c(C)s1. The van der Waals surface area contributed by atoms with Crippen LogP contribution in [0.3, 0.4) is 0 Å². The highest BCUT2D eigenvalue weighted by atomic mass is 32.1. The summed E-state index contributed by atoms with van der Waals surface area (Å²) in [6.45, 7) is 7.87. The van der Waals surface area contributed by atoms with E-state index in [0.717, 1.165) is 41.4 Å². The zero-order valence-electron chi connectivity index (χ0n) is 16.1. The number of hydrogen-bond donors (Lipinski definition) is 1. The van der Waals surface area contributed by atoms with Crippen molar-refractivity contribution >= 4 is 34.4 Å². The summed E-state index contributed by atoms with van der Waals surface area (Å²) in [5, 5.41) is 5.17. The first-order valence-electron chi connectivity index (χ1n) is 9.63. The third-order valence-electron chi connectivity index (χ3n) is 5.07. The normalized spacial score (nSPS) is 17.8. The first-order chi connectivity index (χ1) is 13.0. The van der Waals surface area contributed by atoms with Crippen molar-refractivity contribution in [3.05, 3.63) is 43.8 Å². The van der Waals surface area contributed by atoms with Gasteiger partial charge in [-0.25, -0.2) is 0 Å². The summed E-state index contributed by atoms with van der Waals surface area (Å²) < 4.78 is 0. The number of aryl methyl sites for hydroxylation is 2. The van der Waals surface area contributed by atoms with E-state index in [0.29, 0.717) is 12.5 Å². The maximum absolute atomic E-state index is 12.3. The zero-order chi connectivity index (χ0) is 19.2. The number of amides is 1. The van der Waals surface area contributed by atoms with Gasteiger partial charge >= 0.3 is 0 Å². The summed E-state index contributed by atoms with van der Waals surface area (Å²) in [5.74, 6) is 0.565. The molecule has 1 amide bonds. The fraction of sp³-hybridized carbons (Fsp3) is 0.524. The second-order valence-corrected chi connectivity index (χ2v) is 9.87. The number of nitrogens with zero attached hydrogens (tertiary/aromatic N) is 1. The summed E-state index contributed by atoms with van der Waals surface area (Å²) in [6, 6.07) is 6.22. The Morgan fingerprint density at radius 1 is 1.30 bits per heavy atom. The van der Waals surface area contributed by atoms with Gasteiger partial charge in [0.2, 0.25) is 5.91 Å². The molecule has 1 saturated heterocycles. The fourth-order valence-electron chi connectivity index (χ4n) is 3.70. The van der Waals surface area contributed by atoms with Crippen LogP contribution < -0.4 is 5.32 Å². The minimum atomic E-state index is -0.0108. The molecule has 0 radical (unpaired) electrons. The van der Waals surface area contributed by atoms with E-state index < -0.39 is 0 Å². The van der Waals surface area contributed by atoms with Gasteiger partial charge in [-0.15, -0.1) is 22.7 Å². The largest absolute Gasteiger partial charge is 0.356 e. The van der Waals surface area contributed by atoms with E-state index in [9.17, 15) is 9.59 Å². The van der Waals surface area contributed by atoms with Gasteiger partial charge in [-0.3, -0.25) is 14.5 Å². The molecule has 1 aliphatic rings. The van der Waals surface area contributed by atoms with Crippen LogP contribution in [-0.4, -0.2) is 36.2 Å². The van der Waals surface area contributed by atoms with Crippen molar-refractivity contribution in [1.82, 2.24) is 10.2 Å². The highest BCUT2D eigenvalue weighted by Crippen LogP contribution is 2.22. The smallest absolute Gasteiger partial charge is 0.220 e. The number of carbonyl (C=O) groups is 2. The minimum absolute atomic E-state index is 0.0108. The summed E-state index contributed by atoms with van der Waals surface area (Å²) in [7, 11) is 0. The van der Waals surface area contributed by atoms with E-state index in [4.69, 9.17) is 0 Å². The van der Waals surface area contributed by atoms with Crippen molar-refractivity contribution in [2.24, 2.45) is 5.92 Å². The molecule has 2 aromatic rings. The van der Waals surface area contributed by atoms with Crippen molar-refractivity contribution < 1.29 is 9.59 Å². The maximum atomic E-state index is 12.3. The summed E-state index contributed by atoms with van der Waals surface area (Å²) in [4.78, 5) is 30.6. The van der Waals surface area contributed by atoms with Crippen LogP contribution in [-0.2, 0) is 11.3 Å². The number of likely N-dealkylation sites (tertiary alicyclic amines) is 1. The molecule has 3 rings (SSSR count).